The highest BCUT2D eigenvalue weighted by molar-refractivity contribution is 5.96. The zero-order valence-corrected chi connectivity index (χ0v) is 14.8. The van der Waals surface area contributed by atoms with E-state index in [9.17, 15) is 18.0 Å². The molecule has 1 aromatic carbocycles. The van der Waals surface area contributed by atoms with Crippen LogP contribution in [0.3, 0.4) is 0 Å². The molecule has 1 atom stereocenters. The van der Waals surface area contributed by atoms with Crippen LogP contribution >= 0.6 is 0 Å². The molecule has 6 heteroatoms. The van der Waals surface area contributed by atoms with Crippen LogP contribution in [0.1, 0.15) is 24.0 Å². The molecule has 2 aromatic rings. The number of alkyl halides is 3. The predicted molar refractivity (Wildman–Crippen MR) is 98.4 cm³/mol. The summed E-state index contributed by atoms with van der Waals surface area (Å²) in [7, 11) is 0. The first-order valence-electron chi connectivity index (χ1n) is 8.97. The van der Waals surface area contributed by atoms with Crippen LogP contribution in [0.5, 0.6) is 0 Å². The highest BCUT2D eigenvalue weighted by Crippen LogP contribution is 2.34. The van der Waals surface area contributed by atoms with Crippen molar-refractivity contribution < 1.29 is 18.0 Å². The van der Waals surface area contributed by atoms with Gasteiger partial charge in [0.05, 0.1) is 0 Å². The van der Waals surface area contributed by atoms with Gasteiger partial charge in [-0.05, 0) is 42.9 Å². The van der Waals surface area contributed by atoms with Gasteiger partial charge in [0, 0.05) is 12.7 Å². The Hall–Kier alpha value is -2.63. The number of halogens is 3. The van der Waals surface area contributed by atoms with E-state index < -0.39 is 18.0 Å². The molecular formula is C21H21F3N2O. The van der Waals surface area contributed by atoms with Gasteiger partial charge in [-0.25, -0.2) is 4.98 Å². The van der Waals surface area contributed by atoms with Crippen LogP contribution < -0.4 is 4.90 Å². The third-order valence-electron chi connectivity index (χ3n) is 4.67. The van der Waals surface area contributed by atoms with E-state index in [0.717, 1.165) is 17.5 Å². The minimum absolute atomic E-state index is 0.246. The number of aromatic nitrogens is 1. The van der Waals surface area contributed by atoms with E-state index in [4.69, 9.17) is 0 Å². The highest BCUT2D eigenvalue weighted by Gasteiger charge is 2.47. The minimum Gasteiger partial charge on any atom is -0.296 e. The number of anilines is 1. The van der Waals surface area contributed by atoms with E-state index in [1.165, 1.54) is 17.2 Å². The number of allylic oxidation sites excluding steroid dienone is 2. The molecule has 1 amide bonds. The summed E-state index contributed by atoms with van der Waals surface area (Å²) in [6.07, 6.45) is 1.67. The van der Waals surface area contributed by atoms with Gasteiger partial charge in [-0.3, -0.25) is 9.69 Å². The number of amides is 1. The van der Waals surface area contributed by atoms with Crippen LogP contribution in [0.25, 0.3) is 0 Å². The van der Waals surface area contributed by atoms with Gasteiger partial charge >= 0.3 is 6.18 Å². The topological polar surface area (TPSA) is 33.2 Å². The Kier molecular flexibility index (Phi) is 5.94. The van der Waals surface area contributed by atoms with Crippen molar-refractivity contribution in [1.82, 2.24) is 4.98 Å². The maximum absolute atomic E-state index is 13.5. The molecule has 0 unspecified atom stereocenters. The van der Waals surface area contributed by atoms with E-state index >= 15 is 0 Å². The highest BCUT2D eigenvalue weighted by atomic mass is 19.4. The zero-order valence-electron chi connectivity index (χ0n) is 14.8. The second-order valence-electron chi connectivity index (χ2n) is 6.55. The number of pyridine rings is 1. The molecule has 27 heavy (non-hydrogen) atoms. The minimum atomic E-state index is -4.58. The van der Waals surface area contributed by atoms with Crippen LogP contribution in [-0.2, 0) is 17.6 Å². The number of benzene rings is 1. The molecule has 142 valence electrons. The number of carbonyl (C=O) groups is 1. The van der Waals surface area contributed by atoms with Crippen molar-refractivity contribution in [1.29, 1.82) is 0 Å². The van der Waals surface area contributed by atoms with Crippen molar-refractivity contribution in [3.8, 4) is 0 Å². The number of aryl methyl sites for hydroxylation is 1. The Morgan fingerprint density at radius 1 is 1.15 bits per heavy atom. The fourth-order valence-corrected chi connectivity index (χ4v) is 3.23. The molecule has 0 aliphatic carbocycles. The third kappa shape index (κ3) is 4.76. The Morgan fingerprint density at radius 2 is 1.93 bits per heavy atom. The summed E-state index contributed by atoms with van der Waals surface area (Å²) in [6, 6.07) is 13.3. The first kappa shape index (κ1) is 19.1. The first-order chi connectivity index (χ1) is 13.0. The van der Waals surface area contributed by atoms with Crippen LogP contribution in [0.4, 0.5) is 19.0 Å². The van der Waals surface area contributed by atoms with Gasteiger partial charge in [0.2, 0.25) is 5.91 Å². The van der Waals surface area contributed by atoms with E-state index in [1.54, 1.807) is 18.2 Å². The van der Waals surface area contributed by atoms with Crippen molar-refractivity contribution in [3.05, 3.63) is 71.9 Å². The third-order valence-corrected chi connectivity index (χ3v) is 4.67. The summed E-state index contributed by atoms with van der Waals surface area (Å²) in [4.78, 5) is 17.8. The fraction of sp³-hybridized carbons (Fsp3) is 0.333. The SMILES string of the molecule is O=C([C@@H](C/C=C/CCc1ccccc1)C(F)(F)F)N1CCc2cccnc21. The van der Waals surface area contributed by atoms with Gasteiger partial charge in [0.15, 0.2) is 0 Å². The van der Waals surface area contributed by atoms with Gasteiger partial charge in [-0.1, -0.05) is 48.6 Å². The lowest BCUT2D eigenvalue weighted by Crippen LogP contribution is -2.42. The number of nitrogens with zero attached hydrogens (tertiary/aromatic N) is 2. The largest absolute Gasteiger partial charge is 0.400 e. The molecule has 0 bridgehead atoms. The van der Waals surface area contributed by atoms with E-state index in [0.29, 0.717) is 18.7 Å². The Bertz CT molecular complexity index is 803. The fourth-order valence-electron chi connectivity index (χ4n) is 3.23. The van der Waals surface area contributed by atoms with Crippen molar-refractivity contribution >= 4 is 11.7 Å². The second kappa shape index (κ2) is 8.37. The van der Waals surface area contributed by atoms with Gasteiger partial charge in [-0.15, -0.1) is 0 Å². The van der Waals surface area contributed by atoms with Crippen molar-refractivity contribution in [2.45, 2.75) is 31.9 Å². The molecule has 3 rings (SSSR count). The summed E-state index contributed by atoms with van der Waals surface area (Å²) in [5.74, 6) is -2.61. The molecule has 0 saturated heterocycles. The van der Waals surface area contributed by atoms with Gasteiger partial charge in [-0.2, -0.15) is 13.2 Å². The summed E-state index contributed by atoms with van der Waals surface area (Å²) in [5.41, 5.74) is 1.94. The lowest BCUT2D eigenvalue weighted by atomic mass is 10.0. The maximum Gasteiger partial charge on any atom is 0.400 e. The maximum atomic E-state index is 13.5. The number of carbonyl (C=O) groups excluding carboxylic acids is 1. The lowest BCUT2D eigenvalue weighted by molar-refractivity contribution is -0.180. The normalized spacial score (nSPS) is 15.1. The van der Waals surface area contributed by atoms with Gasteiger partial charge < -0.3 is 0 Å². The quantitative estimate of drug-likeness (QED) is 0.685. The van der Waals surface area contributed by atoms with Crippen LogP contribution in [0.15, 0.2) is 60.8 Å². The number of fused-ring (bicyclic) bond motifs is 1. The summed E-state index contributed by atoms with van der Waals surface area (Å²) in [6.45, 7) is 0.246. The van der Waals surface area contributed by atoms with Crippen LogP contribution in [0, 0.1) is 5.92 Å². The molecular weight excluding hydrogens is 353 g/mol. The van der Waals surface area contributed by atoms with Crippen LogP contribution in [-0.4, -0.2) is 23.6 Å². The molecule has 0 N–H and O–H groups in total. The van der Waals surface area contributed by atoms with Gasteiger partial charge in [0.25, 0.3) is 0 Å². The van der Waals surface area contributed by atoms with E-state index in [2.05, 4.69) is 4.98 Å². The van der Waals surface area contributed by atoms with E-state index in [-0.39, 0.29) is 13.0 Å². The lowest BCUT2D eigenvalue weighted by Gasteiger charge is -2.24. The molecule has 1 aromatic heterocycles. The summed E-state index contributed by atoms with van der Waals surface area (Å²) in [5, 5.41) is 0. The molecule has 0 fully saturated rings. The molecule has 2 heterocycles. The average molecular weight is 374 g/mol. The molecule has 1 aliphatic rings. The van der Waals surface area contributed by atoms with Crippen LogP contribution in [0.2, 0.25) is 0 Å². The summed E-state index contributed by atoms with van der Waals surface area (Å²) >= 11 is 0. The molecule has 0 saturated carbocycles. The van der Waals surface area contributed by atoms with E-state index in [1.807, 2.05) is 30.3 Å². The van der Waals surface area contributed by atoms with Crippen molar-refractivity contribution in [3.63, 3.8) is 0 Å². The van der Waals surface area contributed by atoms with Crippen molar-refractivity contribution in [2.24, 2.45) is 5.92 Å². The van der Waals surface area contributed by atoms with Crippen molar-refractivity contribution in [2.75, 3.05) is 11.4 Å². The number of rotatable bonds is 6. The average Bonchev–Trinajstić information content (AvgIpc) is 3.08. The Labute approximate surface area is 156 Å². The standard InChI is InChI=1S/C21H21F3N2O/c22-21(23,24)18(12-6-2-5-10-16-8-3-1-4-9-16)20(27)26-15-13-17-11-7-14-25-19(17)26/h1-4,6-9,11,14,18H,5,10,12-13,15H2/b6-2+/t18-/m1/s1. The number of hydrogen-bond donors (Lipinski definition) is 0. The molecule has 1 aliphatic heterocycles. The van der Waals surface area contributed by atoms with Gasteiger partial charge in [0.1, 0.15) is 11.7 Å². The first-order valence-corrected chi connectivity index (χ1v) is 8.97. The second-order valence-corrected chi connectivity index (χ2v) is 6.55. The monoisotopic (exact) mass is 374 g/mol. The number of hydrogen-bond acceptors (Lipinski definition) is 2. The Morgan fingerprint density at radius 3 is 2.67 bits per heavy atom. The molecule has 0 radical (unpaired) electrons. The molecule has 0 spiro atoms. The zero-order chi connectivity index (χ0) is 19.3. The Balaban J connectivity index is 1.62. The molecule has 3 nitrogen and oxygen atoms in total. The smallest absolute Gasteiger partial charge is 0.296 e. The summed E-state index contributed by atoms with van der Waals surface area (Å²) < 4.78 is 40.4. The predicted octanol–water partition coefficient (Wildman–Crippen LogP) is 4.73.